The lowest BCUT2D eigenvalue weighted by molar-refractivity contribution is -0.128. The Morgan fingerprint density at radius 2 is 1.72 bits per heavy atom. The Balaban J connectivity index is 1.53. The Kier molecular flexibility index (Phi) is 8.11. The molecular weight excluding hydrogens is 428 g/mol. The van der Waals surface area contributed by atoms with Crippen LogP contribution in [0.2, 0.25) is 5.02 Å². The molecule has 2 aromatic carbocycles. The SMILES string of the molecule is CC(=O)N[C@@H](Cc1ccccc1C)C(=O)NC1CCN(C(=O)Nc2ccccc2Cl)CC1. The van der Waals surface area contributed by atoms with Gasteiger partial charge in [0, 0.05) is 32.5 Å². The average molecular weight is 457 g/mol. The van der Waals surface area contributed by atoms with Gasteiger partial charge in [0.1, 0.15) is 6.04 Å². The van der Waals surface area contributed by atoms with Crippen molar-refractivity contribution in [1.82, 2.24) is 15.5 Å². The number of aryl methyl sites for hydroxylation is 1. The Hall–Kier alpha value is -3.06. The summed E-state index contributed by atoms with van der Waals surface area (Å²) in [6.07, 6.45) is 1.70. The van der Waals surface area contributed by atoms with E-state index in [9.17, 15) is 14.4 Å². The van der Waals surface area contributed by atoms with Gasteiger partial charge in [-0.2, -0.15) is 0 Å². The Morgan fingerprint density at radius 1 is 1.06 bits per heavy atom. The van der Waals surface area contributed by atoms with Crippen molar-refractivity contribution in [1.29, 1.82) is 0 Å². The van der Waals surface area contributed by atoms with Gasteiger partial charge in [0.2, 0.25) is 11.8 Å². The molecule has 32 heavy (non-hydrogen) atoms. The molecule has 1 fully saturated rings. The molecule has 1 aliphatic rings. The number of carbonyl (C=O) groups excluding carboxylic acids is 3. The molecule has 1 aliphatic heterocycles. The summed E-state index contributed by atoms with van der Waals surface area (Å²) in [7, 11) is 0. The fourth-order valence-electron chi connectivity index (χ4n) is 3.80. The molecule has 1 atom stereocenters. The number of para-hydroxylation sites is 1. The van der Waals surface area contributed by atoms with E-state index in [1.54, 1.807) is 23.1 Å². The van der Waals surface area contributed by atoms with Crippen LogP contribution in [0.5, 0.6) is 0 Å². The maximum Gasteiger partial charge on any atom is 0.321 e. The molecule has 3 rings (SSSR count). The minimum Gasteiger partial charge on any atom is -0.351 e. The largest absolute Gasteiger partial charge is 0.351 e. The van der Waals surface area contributed by atoms with Crippen LogP contribution in [0, 0.1) is 6.92 Å². The molecule has 0 unspecified atom stereocenters. The molecule has 7 nitrogen and oxygen atoms in total. The quantitative estimate of drug-likeness (QED) is 0.621. The van der Waals surface area contributed by atoms with Crippen LogP contribution in [-0.2, 0) is 16.0 Å². The molecule has 3 N–H and O–H groups in total. The van der Waals surface area contributed by atoms with Gasteiger partial charge >= 0.3 is 6.03 Å². The van der Waals surface area contributed by atoms with Crippen LogP contribution in [0.15, 0.2) is 48.5 Å². The summed E-state index contributed by atoms with van der Waals surface area (Å²) in [6, 6.07) is 14.0. The number of hydrogen-bond acceptors (Lipinski definition) is 3. The summed E-state index contributed by atoms with van der Waals surface area (Å²) in [5.74, 6) is -0.452. The van der Waals surface area contributed by atoms with Crippen LogP contribution in [0.4, 0.5) is 10.5 Å². The lowest BCUT2D eigenvalue weighted by Gasteiger charge is -2.33. The van der Waals surface area contributed by atoms with Gasteiger partial charge in [-0.3, -0.25) is 9.59 Å². The van der Waals surface area contributed by atoms with Crippen molar-refractivity contribution in [2.24, 2.45) is 0 Å². The third-order valence-corrected chi connectivity index (χ3v) is 5.95. The number of amides is 4. The highest BCUT2D eigenvalue weighted by Crippen LogP contribution is 2.21. The molecule has 0 bridgehead atoms. The molecule has 0 radical (unpaired) electrons. The number of urea groups is 1. The molecule has 1 saturated heterocycles. The number of anilines is 1. The smallest absolute Gasteiger partial charge is 0.321 e. The Bertz CT molecular complexity index is 973. The fraction of sp³-hybridized carbons (Fsp3) is 0.375. The first-order valence-electron chi connectivity index (χ1n) is 10.8. The second-order valence-corrected chi connectivity index (χ2v) is 8.47. The summed E-state index contributed by atoms with van der Waals surface area (Å²) in [6.45, 7) is 4.43. The first-order chi connectivity index (χ1) is 15.3. The van der Waals surface area contributed by atoms with Crippen LogP contribution in [0.25, 0.3) is 0 Å². The van der Waals surface area contributed by atoms with E-state index < -0.39 is 6.04 Å². The molecule has 4 amide bonds. The number of piperidine rings is 1. The Labute approximate surface area is 193 Å². The number of nitrogens with one attached hydrogen (secondary N) is 3. The minimum absolute atomic E-state index is 0.0556. The molecule has 0 spiro atoms. The van der Waals surface area contributed by atoms with Crippen molar-refractivity contribution in [3.05, 3.63) is 64.7 Å². The molecule has 1 heterocycles. The second kappa shape index (κ2) is 11.0. The standard InChI is InChI=1S/C24H29ClN4O3/c1-16-7-3-4-8-18(16)15-22(26-17(2)30)23(31)27-19-11-13-29(14-12-19)24(32)28-21-10-6-5-9-20(21)25/h3-10,19,22H,11-15H2,1-2H3,(H,26,30)(H,27,31)(H,28,32)/t22-/m0/s1. The zero-order valence-electron chi connectivity index (χ0n) is 18.4. The third kappa shape index (κ3) is 6.47. The highest BCUT2D eigenvalue weighted by atomic mass is 35.5. The minimum atomic E-state index is -0.643. The van der Waals surface area contributed by atoms with Crippen LogP contribution < -0.4 is 16.0 Å². The maximum atomic E-state index is 12.9. The van der Waals surface area contributed by atoms with Gasteiger partial charge < -0.3 is 20.9 Å². The lowest BCUT2D eigenvalue weighted by Crippen LogP contribution is -2.53. The van der Waals surface area contributed by atoms with Gasteiger partial charge in [-0.1, -0.05) is 48.0 Å². The van der Waals surface area contributed by atoms with Crippen molar-refractivity contribution >= 4 is 35.1 Å². The van der Waals surface area contributed by atoms with Gasteiger partial charge in [-0.05, 0) is 43.0 Å². The predicted molar refractivity (Wildman–Crippen MR) is 126 cm³/mol. The zero-order valence-corrected chi connectivity index (χ0v) is 19.1. The molecule has 170 valence electrons. The maximum absolute atomic E-state index is 12.9. The number of carbonyl (C=O) groups is 3. The number of nitrogens with zero attached hydrogens (tertiary/aromatic N) is 1. The van der Waals surface area contributed by atoms with E-state index in [0.29, 0.717) is 43.1 Å². The first kappa shape index (κ1) is 23.6. The predicted octanol–water partition coefficient (Wildman–Crippen LogP) is 3.51. The average Bonchev–Trinajstić information content (AvgIpc) is 2.76. The van der Waals surface area contributed by atoms with E-state index in [-0.39, 0.29) is 23.9 Å². The molecule has 0 aromatic heterocycles. The fourth-order valence-corrected chi connectivity index (χ4v) is 3.98. The van der Waals surface area contributed by atoms with E-state index in [4.69, 9.17) is 11.6 Å². The van der Waals surface area contributed by atoms with E-state index >= 15 is 0 Å². The first-order valence-corrected chi connectivity index (χ1v) is 11.1. The highest BCUT2D eigenvalue weighted by molar-refractivity contribution is 6.33. The van der Waals surface area contributed by atoms with Crippen molar-refractivity contribution in [3.63, 3.8) is 0 Å². The van der Waals surface area contributed by atoms with Crippen LogP contribution in [0.3, 0.4) is 0 Å². The molecule has 0 aliphatic carbocycles. The van der Waals surface area contributed by atoms with Crippen LogP contribution in [0.1, 0.15) is 30.9 Å². The van der Waals surface area contributed by atoms with E-state index in [1.807, 2.05) is 37.3 Å². The van der Waals surface area contributed by atoms with Crippen LogP contribution >= 0.6 is 11.6 Å². The van der Waals surface area contributed by atoms with Crippen molar-refractivity contribution in [3.8, 4) is 0 Å². The summed E-state index contributed by atoms with van der Waals surface area (Å²) in [5, 5.41) is 9.13. The molecular formula is C24H29ClN4O3. The van der Waals surface area contributed by atoms with E-state index in [1.165, 1.54) is 6.92 Å². The number of rotatable bonds is 6. The van der Waals surface area contributed by atoms with Crippen molar-refractivity contribution in [2.75, 3.05) is 18.4 Å². The van der Waals surface area contributed by atoms with Gasteiger partial charge in [0.25, 0.3) is 0 Å². The summed E-state index contributed by atoms with van der Waals surface area (Å²) in [5.41, 5.74) is 2.67. The summed E-state index contributed by atoms with van der Waals surface area (Å²) >= 11 is 6.11. The summed E-state index contributed by atoms with van der Waals surface area (Å²) < 4.78 is 0. The highest BCUT2D eigenvalue weighted by Gasteiger charge is 2.27. The van der Waals surface area contributed by atoms with Gasteiger partial charge in [-0.25, -0.2) is 4.79 Å². The second-order valence-electron chi connectivity index (χ2n) is 8.06. The number of halogens is 1. The van der Waals surface area contributed by atoms with Crippen molar-refractivity contribution in [2.45, 2.75) is 45.2 Å². The monoisotopic (exact) mass is 456 g/mol. The van der Waals surface area contributed by atoms with E-state index in [0.717, 1.165) is 11.1 Å². The van der Waals surface area contributed by atoms with Gasteiger partial charge in [0.15, 0.2) is 0 Å². The topological polar surface area (TPSA) is 90.5 Å². The summed E-state index contributed by atoms with van der Waals surface area (Å²) in [4.78, 5) is 38.8. The van der Waals surface area contributed by atoms with Gasteiger partial charge in [0.05, 0.1) is 10.7 Å². The Morgan fingerprint density at radius 3 is 2.38 bits per heavy atom. The van der Waals surface area contributed by atoms with Crippen molar-refractivity contribution < 1.29 is 14.4 Å². The molecule has 8 heteroatoms. The normalized spacial score (nSPS) is 15.0. The lowest BCUT2D eigenvalue weighted by atomic mass is 9.99. The number of likely N-dealkylation sites (tertiary alicyclic amines) is 1. The number of benzene rings is 2. The zero-order chi connectivity index (χ0) is 23.1. The van der Waals surface area contributed by atoms with Gasteiger partial charge in [-0.15, -0.1) is 0 Å². The molecule has 2 aromatic rings. The van der Waals surface area contributed by atoms with Crippen LogP contribution in [-0.4, -0.2) is 47.9 Å². The molecule has 0 saturated carbocycles. The third-order valence-electron chi connectivity index (χ3n) is 5.62. The van der Waals surface area contributed by atoms with E-state index in [2.05, 4.69) is 16.0 Å². The number of hydrogen-bond donors (Lipinski definition) is 3.